The molecule has 1 heterocycles. The predicted molar refractivity (Wildman–Crippen MR) is 81.3 cm³/mol. The van der Waals surface area contributed by atoms with Gasteiger partial charge in [-0.15, -0.1) is 12.6 Å². The molecule has 1 saturated heterocycles. The Morgan fingerprint density at radius 3 is 2.95 bits per heavy atom. The maximum atomic E-state index is 12.6. The molecule has 3 nitrogen and oxygen atoms in total. The molecule has 0 radical (unpaired) electrons. The summed E-state index contributed by atoms with van der Waals surface area (Å²) in [6.07, 6.45) is 2.12. The number of halogens is 1. The number of benzene rings is 1. The Kier molecular flexibility index (Phi) is 4.76. The third-order valence-corrected chi connectivity index (χ3v) is 4.00. The van der Waals surface area contributed by atoms with Crippen LogP contribution in [-0.2, 0) is 0 Å². The lowest BCUT2D eigenvalue weighted by Crippen LogP contribution is -2.41. The molecule has 5 heteroatoms. The first-order valence-corrected chi connectivity index (χ1v) is 7.26. The van der Waals surface area contributed by atoms with Crippen LogP contribution < -0.4 is 0 Å². The molecule has 1 atom stereocenters. The van der Waals surface area contributed by atoms with E-state index in [-0.39, 0.29) is 11.9 Å². The summed E-state index contributed by atoms with van der Waals surface area (Å²) in [6, 6.07) is 5.55. The van der Waals surface area contributed by atoms with Crippen LogP contribution in [0, 0.1) is 0 Å². The summed E-state index contributed by atoms with van der Waals surface area (Å²) in [6.45, 7) is 1.70. The van der Waals surface area contributed by atoms with Crippen molar-refractivity contribution in [3.05, 3.63) is 28.8 Å². The van der Waals surface area contributed by atoms with Gasteiger partial charge in [0.25, 0.3) is 5.91 Å². The number of likely N-dealkylation sites (tertiary alicyclic amines) is 1. The minimum Gasteiger partial charge on any atom is -0.334 e. The average molecular weight is 299 g/mol. The highest BCUT2D eigenvalue weighted by Crippen LogP contribution is 2.25. The van der Waals surface area contributed by atoms with E-state index in [1.165, 1.54) is 0 Å². The van der Waals surface area contributed by atoms with Gasteiger partial charge in [-0.1, -0.05) is 11.6 Å². The van der Waals surface area contributed by atoms with Crippen molar-refractivity contribution >= 4 is 30.1 Å². The molecule has 0 saturated carbocycles. The zero-order chi connectivity index (χ0) is 14.0. The minimum atomic E-state index is 0.0188. The molecule has 0 aromatic heterocycles. The number of rotatable bonds is 3. The van der Waals surface area contributed by atoms with Crippen LogP contribution in [0.3, 0.4) is 0 Å². The maximum absolute atomic E-state index is 12.6. The van der Waals surface area contributed by atoms with E-state index in [0.29, 0.717) is 10.6 Å². The monoisotopic (exact) mass is 298 g/mol. The molecule has 1 unspecified atom stereocenters. The molecule has 1 amide bonds. The summed E-state index contributed by atoms with van der Waals surface area (Å²) in [4.78, 5) is 17.4. The lowest BCUT2D eigenvalue weighted by atomic mass is 10.1. The van der Waals surface area contributed by atoms with Crippen LogP contribution >= 0.6 is 24.2 Å². The standard InChI is InChI=1S/C14H19ClN2OS/c1-16(2)9-10-4-3-7-17(10)14(18)12-8-11(19)5-6-13(12)15/h5-6,8,10,19H,3-4,7,9H2,1-2H3. The molecule has 1 aromatic carbocycles. The van der Waals surface area contributed by atoms with Gasteiger partial charge < -0.3 is 9.80 Å². The number of hydrogen-bond acceptors (Lipinski definition) is 3. The number of hydrogen-bond donors (Lipinski definition) is 1. The van der Waals surface area contributed by atoms with Gasteiger partial charge in [0.1, 0.15) is 0 Å². The molecule has 0 N–H and O–H groups in total. The van der Waals surface area contributed by atoms with E-state index in [2.05, 4.69) is 17.5 Å². The average Bonchev–Trinajstić information content (AvgIpc) is 2.78. The summed E-state index contributed by atoms with van der Waals surface area (Å²) in [5.41, 5.74) is 0.555. The van der Waals surface area contributed by atoms with Crippen molar-refractivity contribution < 1.29 is 4.79 Å². The minimum absolute atomic E-state index is 0.0188. The van der Waals surface area contributed by atoms with E-state index >= 15 is 0 Å². The van der Waals surface area contributed by atoms with Crippen LogP contribution in [0.1, 0.15) is 23.2 Å². The van der Waals surface area contributed by atoms with E-state index < -0.39 is 0 Å². The van der Waals surface area contributed by atoms with Crippen molar-refractivity contribution in [3.8, 4) is 0 Å². The van der Waals surface area contributed by atoms with E-state index in [0.717, 1.165) is 30.8 Å². The van der Waals surface area contributed by atoms with E-state index in [4.69, 9.17) is 11.6 Å². The highest BCUT2D eigenvalue weighted by Gasteiger charge is 2.30. The van der Waals surface area contributed by atoms with E-state index in [1.54, 1.807) is 18.2 Å². The van der Waals surface area contributed by atoms with Gasteiger partial charge in [0.15, 0.2) is 0 Å². The highest BCUT2D eigenvalue weighted by atomic mass is 35.5. The van der Waals surface area contributed by atoms with Gasteiger partial charge in [0.2, 0.25) is 0 Å². The molecule has 1 fully saturated rings. The van der Waals surface area contributed by atoms with E-state index in [9.17, 15) is 4.79 Å². The van der Waals surface area contributed by atoms with Crippen molar-refractivity contribution in [3.63, 3.8) is 0 Å². The predicted octanol–water partition coefficient (Wildman–Crippen LogP) is 2.79. The lowest BCUT2D eigenvalue weighted by molar-refractivity contribution is 0.0716. The fourth-order valence-corrected chi connectivity index (χ4v) is 2.95. The Balaban J connectivity index is 2.20. The Bertz CT molecular complexity index is 479. The first kappa shape index (κ1) is 14.7. The molecule has 1 aromatic rings. The Labute approximate surface area is 124 Å². The topological polar surface area (TPSA) is 23.6 Å². The molecule has 0 aliphatic carbocycles. The SMILES string of the molecule is CN(C)CC1CCCN1C(=O)c1cc(S)ccc1Cl. The van der Waals surface area contributed by atoms with Gasteiger partial charge in [0.05, 0.1) is 10.6 Å². The van der Waals surface area contributed by atoms with Gasteiger partial charge in [0, 0.05) is 24.0 Å². The van der Waals surface area contributed by atoms with Crippen molar-refractivity contribution in [1.82, 2.24) is 9.80 Å². The molecule has 0 spiro atoms. The molecule has 104 valence electrons. The van der Waals surface area contributed by atoms with Crippen LogP contribution in [0.2, 0.25) is 5.02 Å². The Morgan fingerprint density at radius 2 is 2.26 bits per heavy atom. The first-order chi connectivity index (χ1) is 8.99. The molecule has 0 bridgehead atoms. The largest absolute Gasteiger partial charge is 0.334 e. The Hall–Kier alpha value is -0.710. The highest BCUT2D eigenvalue weighted by molar-refractivity contribution is 7.80. The molecular formula is C14H19ClN2OS. The summed E-state index contributed by atoms with van der Waals surface area (Å²) < 4.78 is 0. The smallest absolute Gasteiger partial charge is 0.255 e. The fraction of sp³-hybridized carbons (Fsp3) is 0.500. The molecule has 19 heavy (non-hydrogen) atoms. The van der Waals surface area contributed by atoms with Crippen LogP contribution in [0.5, 0.6) is 0 Å². The summed E-state index contributed by atoms with van der Waals surface area (Å²) in [5.74, 6) is 0.0188. The summed E-state index contributed by atoms with van der Waals surface area (Å²) in [5, 5.41) is 0.498. The second-order valence-electron chi connectivity index (χ2n) is 5.22. The van der Waals surface area contributed by atoms with Gasteiger partial charge in [-0.2, -0.15) is 0 Å². The van der Waals surface area contributed by atoms with Crippen LogP contribution in [0.4, 0.5) is 0 Å². The van der Waals surface area contributed by atoms with Crippen molar-refractivity contribution in [1.29, 1.82) is 0 Å². The zero-order valence-electron chi connectivity index (χ0n) is 11.3. The quantitative estimate of drug-likeness (QED) is 0.868. The number of carbonyl (C=O) groups excluding carboxylic acids is 1. The number of likely N-dealkylation sites (N-methyl/N-ethyl adjacent to an activating group) is 1. The van der Waals surface area contributed by atoms with E-state index in [1.807, 2.05) is 19.0 Å². The second-order valence-corrected chi connectivity index (χ2v) is 6.14. The Morgan fingerprint density at radius 1 is 1.53 bits per heavy atom. The third kappa shape index (κ3) is 3.44. The summed E-state index contributed by atoms with van der Waals surface area (Å²) >= 11 is 10.4. The van der Waals surface area contributed by atoms with Gasteiger partial charge in [-0.25, -0.2) is 0 Å². The normalized spacial score (nSPS) is 19.2. The van der Waals surface area contributed by atoms with Crippen LogP contribution in [0.25, 0.3) is 0 Å². The van der Waals surface area contributed by atoms with Gasteiger partial charge in [-0.05, 0) is 45.1 Å². The number of carbonyl (C=O) groups is 1. The van der Waals surface area contributed by atoms with Gasteiger partial charge in [-0.3, -0.25) is 4.79 Å². The third-order valence-electron chi connectivity index (χ3n) is 3.39. The molecular weight excluding hydrogens is 280 g/mol. The number of nitrogens with zero attached hydrogens (tertiary/aromatic N) is 2. The van der Waals surface area contributed by atoms with Crippen molar-refractivity contribution in [2.75, 3.05) is 27.2 Å². The zero-order valence-corrected chi connectivity index (χ0v) is 12.9. The summed E-state index contributed by atoms with van der Waals surface area (Å²) in [7, 11) is 4.06. The van der Waals surface area contributed by atoms with Crippen LogP contribution in [-0.4, -0.2) is 48.9 Å². The molecule has 1 aliphatic heterocycles. The van der Waals surface area contributed by atoms with Crippen LogP contribution in [0.15, 0.2) is 23.1 Å². The van der Waals surface area contributed by atoms with Crippen molar-refractivity contribution in [2.45, 2.75) is 23.8 Å². The first-order valence-electron chi connectivity index (χ1n) is 6.43. The van der Waals surface area contributed by atoms with Gasteiger partial charge >= 0.3 is 0 Å². The van der Waals surface area contributed by atoms with Crippen molar-refractivity contribution in [2.24, 2.45) is 0 Å². The lowest BCUT2D eigenvalue weighted by Gasteiger charge is -2.27. The number of amides is 1. The second kappa shape index (κ2) is 6.16. The fourth-order valence-electron chi connectivity index (χ4n) is 2.55. The molecule has 1 aliphatic rings. The molecule has 2 rings (SSSR count). The number of thiol groups is 1. The maximum Gasteiger partial charge on any atom is 0.255 e.